The molecule has 3 fully saturated rings. The van der Waals surface area contributed by atoms with Gasteiger partial charge in [0.25, 0.3) is 0 Å². The number of nitrogens with one attached hydrogen (secondary N) is 1. The first-order valence-electron chi connectivity index (χ1n) is 8.31. The molecule has 1 aliphatic carbocycles. The van der Waals surface area contributed by atoms with Crippen LogP contribution in [-0.4, -0.2) is 37.0 Å². The summed E-state index contributed by atoms with van der Waals surface area (Å²) in [6, 6.07) is 0. The first kappa shape index (κ1) is 13.4. The molecule has 1 amide bonds. The van der Waals surface area contributed by atoms with Crippen molar-refractivity contribution in [1.29, 1.82) is 0 Å². The number of amides is 1. The summed E-state index contributed by atoms with van der Waals surface area (Å²) < 4.78 is 0. The smallest absolute Gasteiger partial charge is 0.222 e. The molecule has 19 heavy (non-hydrogen) atoms. The van der Waals surface area contributed by atoms with E-state index in [1.807, 2.05) is 0 Å². The Balaban J connectivity index is 1.43. The molecule has 3 rings (SSSR count). The third-order valence-electron chi connectivity index (χ3n) is 5.55. The van der Waals surface area contributed by atoms with E-state index in [0.29, 0.717) is 5.91 Å². The quantitative estimate of drug-likeness (QED) is 0.849. The van der Waals surface area contributed by atoms with Gasteiger partial charge in [0.15, 0.2) is 0 Å². The van der Waals surface area contributed by atoms with Gasteiger partial charge in [-0.15, -0.1) is 0 Å². The van der Waals surface area contributed by atoms with Crippen LogP contribution in [0.3, 0.4) is 0 Å². The molecular weight excluding hydrogens is 236 g/mol. The van der Waals surface area contributed by atoms with E-state index < -0.39 is 0 Å². The summed E-state index contributed by atoms with van der Waals surface area (Å²) in [6.07, 6.45) is 9.94. The van der Waals surface area contributed by atoms with Gasteiger partial charge in [-0.05, 0) is 62.9 Å². The van der Waals surface area contributed by atoms with Crippen LogP contribution in [0.1, 0.15) is 51.4 Å². The van der Waals surface area contributed by atoms with Gasteiger partial charge < -0.3 is 10.2 Å². The van der Waals surface area contributed by atoms with E-state index in [0.717, 1.165) is 56.8 Å². The number of carbonyl (C=O) groups is 1. The summed E-state index contributed by atoms with van der Waals surface area (Å²) in [5, 5.41) is 3.40. The SMILES string of the molecule is O=C(CCC1CCNCC1)N1CC2CCCCC2C1. The minimum atomic E-state index is 0.438. The lowest BCUT2D eigenvalue weighted by Crippen LogP contribution is -2.31. The molecule has 1 N–H and O–H groups in total. The Morgan fingerprint density at radius 3 is 2.26 bits per heavy atom. The molecule has 2 heterocycles. The van der Waals surface area contributed by atoms with E-state index in [1.165, 1.54) is 38.5 Å². The Kier molecular flexibility index (Phi) is 4.42. The zero-order valence-corrected chi connectivity index (χ0v) is 12.1. The van der Waals surface area contributed by atoms with Gasteiger partial charge in [-0.1, -0.05) is 12.8 Å². The highest BCUT2D eigenvalue weighted by Gasteiger charge is 2.36. The molecule has 3 nitrogen and oxygen atoms in total. The van der Waals surface area contributed by atoms with Gasteiger partial charge in [0.05, 0.1) is 0 Å². The van der Waals surface area contributed by atoms with Gasteiger partial charge in [0, 0.05) is 19.5 Å². The molecule has 108 valence electrons. The zero-order chi connectivity index (χ0) is 13.1. The molecule has 3 heteroatoms. The van der Waals surface area contributed by atoms with Gasteiger partial charge in [-0.2, -0.15) is 0 Å². The normalized spacial score (nSPS) is 32.3. The van der Waals surface area contributed by atoms with E-state index in [2.05, 4.69) is 10.2 Å². The number of carbonyl (C=O) groups excluding carboxylic acids is 1. The van der Waals surface area contributed by atoms with Crippen molar-refractivity contribution in [3.05, 3.63) is 0 Å². The number of hydrogen-bond acceptors (Lipinski definition) is 2. The second-order valence-electron chi connectivity index (χ2n) is 6.84. The number of likely N-dealkylation sites (tertiary alicyclic amines) is 1. The minimum absolute atomic E-state index is 0.438. The number of nitrogens with zero attached hydrogens (tertiary/aromatic N) is 1. The van der Waals surface area contributed by atoms with Gasteiger partial charge in [-0.25, -0.2) is 0 Å². The zero-order valence-electron chi connectivity index (χ0n) is 12.1. The molecule has 0 aromatic carbocycles. The molecule has 0 bridgehead atoms. The topological polar surface area (TPSA) is 32.3 Å². The lowest BCUT2D eigenvalue weighted by Gasteiger charge is -2.23. The Morgan fingerprint density at radius 1 is 1.00 bits per heavy atom. The lowest BCUT2D eigenvalue weighted by molar-refractivity contribution is -0.130. The standard InChI is InChI=1S/C16H28N2O/c19-16(6-5-13-7-9-17-10-8-13)18-11-14-3-1-2-4-15(14)12-18/h13-15,17H,1-12H2. The highest BCUT2D eigenvalue weighted by atomic mass is 16.2. The summed E-state index contributed by atoms with van der Waals surface area (Å²) in [4.78, 5) is 14.5. The van der Waals surface area contributed by atoms with Gasteiger partial charge in [0.2, 0.25) is 5.91 Å². The van der Waals surface area contributed by atoms with Crippen molar-refractivity contribution < 1.29 is 4.79 Å². The van der Waals surface area contributed by atoms with E-state index in [-0.39, 0.29) is 0 Å². The molecule has 2 saturated heterocycles. The van der Waals surface area contributed by atoms with Crippen LogP contribution in [-0.2, 0) is 4.79 Å². The van der Waals surface area contributed by atoms with Gasteiger partial charge in [-0.3, -0.25) is 4.79 Å². The first-order valence-corrected chi connectivity index (χ1v) is 8.31. The molecule has 0 aromatic rings. The fraction of sp³-hybridized carbons (Fsp3) is 0.938. The maximum Gasteiger partial charge on any atom is 0.222 e. The summed E-state index contributed by atoms with van der Waals surface area (Å²) in [5.74, 6) is 2.89. The van der Waals surface area contributed by atoms with E-state index in [9.17, 15) is 4.79 Å². The molecule has 0 radical (unpaired) electrons. The summed E-state index contributed by atoms with van der Waals surface area (Å²) >= 11 is 0. The summed E-state index contributed by atoms with van der Waals surface area (Å²) in [5.41, 5.74) is 0. The molecular formula is C16H28N2O. The maximum atomic E-state index is 12.3. The number of piperidine rings is 1. The monoisotopic (exact) mass is 264 g/mol. The Hall–Kier alpha value is -0.570. The van der Waals surface area contributed by atoms with Crippen molar-refractivity contribution in [3.8, 4) is 0 Å². The fourth-order valence-corrected chi connectivity index (χ4v) is 4.27. The van der Waals surface area contributed by atoms with E-state index in [4.69, 9.17) is 0 Å². The van der Waals surface area contributed by atoms with Crippen molar-refractivity contribution in [3.63, 3.8) is 0 Å². The Bertz CT molecular complexity index is 298. The minimum Gasteiger partial charge on any atom is -0.342 e. The predicted molar refractivity (Wildman–Crippen MR) is 76.9 cm³/mol. The summed E-state index contributed by atoms with van der Waals surface area (Å²) in [6.45, 7) is 4.42. The molecule has 2 atom stereocenters. The third-order valence-corrected chi connectivity index (χ3v) is 5.55. The summed E-state index contributed by atoms with van der Waals surface area (Å²) in [7, 11) is 0. The van der Waals surface area contributed by atoms with Crippen molar-refractivity contribution in [1.82, 2.24) is 10.2 Å². The average molecular weight is 264 g/mol. The van der Waals surface area contributed by atoms with Crippen molar-refractivity contribution in [2.24, 2.45) is 17.8 Å². The molecule has 0 aromatic heterocycles. The fourth-order valence-electron chi connectivity index (χ4n) is 4.27. The van der Waals surface area contributed by atoms with Gasteiger partial charge in [0.1, 0.15) is 0 Å². The second kappa shape index (κ2) is 6.25. The van der Waals surface area contributed by atoms with Crippen LogP contribution in [0.5, 0.6) is 0 Å². The van der Waals surface area contributed by atoms with Crippen LogP contribution < -0.4 is 5.32 Å². The van der Waals surface area contributed by atoms with Crippen LogP contribution in [0.4, 0.5) is 0 Å². The maximum absolute atomic E-state index is 12.3. The number of fused-ring (bicyclic) bond motifs is 1. The third kappa shape index (κ3) is 3.31. The Morgan fingerprint density at radius 2 is 1.63 bits per heavy atom. The Labute approximate surface area is 117 Å². The van der Waals surface area contributed by atoms with Crippen LogP contribution in [0.15, 0.2) is 0 Å². The predicted octanol–water partition coefficient (Wildman–Crippen LogP) is 2.41. The average Bonchev–Trinajstić information content (AvgIpc) is 2.90. The van der Waals surface area contributed by atoms with Crippen molar-refractivity contribution in [2.45, 2.75) is 51.4 Å². The van der Waals surface area contributed by atoms with Crippen LogP contribution >= 0.6 is 0 Å². The van der Waals surface area contributed by atoms with E-state index >= 15 is 0 Å². The second-order valence-corrected chi connectivity index (χ2v) is 6.84. The molecule has 3 aliphatic rings. The highest BCUT2D eigenvalue weighted by molar-refractivity contribution is 5.76. The largest absolute Gasteiger partial charge is 0.342 e. The molecule has 2 aliphatic heterocycles. The van der Waals surface area contributed by atoms with E-state index in [1.54, 1.807) is 0 Å². The highest BCUT2D eigenvalue weighted by Crippen LogP contribution is 2.36. The van der Waals surface area contributed by atoms with Gasteiger partial charge >= 0.3 is 0 Å². The number of hydrogen-bond donors (Lipinski definition) is 1. The number of rotatable bonds is 3. The van der Waals surface area contributed by atoms with Crippen molar-refractivity contribution in [2.75, 3.05) is 26.2 Å². The first-order chi connectivity index (χ1) is 9.33. The van der Waals surface area contributed by atoms with Crippen LogP contribution in [0, 0.1) is 17.8 Å². The van der Waals surface area contributed by atoms with Crippen molar-refractivity contribution >= 4 is 5.91 Å². The molecule has 0 spiro atoms. The molecule has 1 saturated carbocycles. The molecule has 2 unspecified atom stereocenters. The van der Waals surface area contributed by atoms with Crippen LogP contribution in [0.2, 0.25) is 0 Å². The van der Waals surface area contributed by atoms with Crippen LogP contribution in [0.25, 0.3) is 0 Å². The lowest BCUT2D eigenvalue weighted by atomic mass is 9.82.